The Kier molecular flexibility index (Phi) is 7.82. The summed E-state index contributed by atoms with van der Waals surface area (Å²) in [5.74, 6) is -1.81. The molecule has 0 atom stereocenters. The fourth-order valence-electron chi connectivity index (χ4n) is 3.70. The van der Waals surface area contributed by atoms with Gasteiger partial charge in [0.25, 0.3) is 5.91 Å². The van der Waals surface area contributed by atoms with Gasteiger partial charge in [-0.05, 0) is 39.8 Å². The van der Waals surface area contributed by atoms with E-state index < -0.39 is 50.6 Å². The van der Waals surface area contributed by atoms with Crippen LogP contribution >= 0.6 is 0 Å². The van der Waals surface area contributed by atoms with E-state index in [0.29, 0.717) is 5.69 Å². The Bertz CT molecular complexity index is 1510. The smallest absolute Gasteiger partial charge is 0.423 e. The van der Waals surface area contributed by atoms with E-state index in [9.17, 15) is 26.4 Å². The Balaban J connectivity index is 1.64. The predicted molar refractivity (Wildman–Crippen MR) is 135 cm³/mol. The van der Waals surface area contributed by atoms with Crippen molar-refractivity contribution in [1.82, 2.24) is 25.1 Å². The van der Waals surface area contributed by atoms with Crippen LogP contribution in [0.3, 0.4) is 0 Å². The average molecular weight is 584 g/mol. The van der Waals surface area contributed by atoms with Crippen molar-refractivity contribution in [3.8, 4) is 17.4 Å². The van der Waals surface area contributed by atoms with Crippen LogP contribution in [0.2, 0.25) is 0 Å². The number of ether oxygens (including phenoxy) is 3. The molecule has 1 fully saturated rings. The molecule has 0 saturated carbocycles. The standard InChI is InChI=1S/C25H28F3N5O6S/c1-14-21(22(34)31-8-15-6-7-17(9-30-15)40(5,35)36)32-33(24(2,3)4)23(14)39-19-11-29-10-18(20(19)25(26,27)28)38-16-12-37-13-16/h6-7,9-11,16H,8,12-13H2,1-5H3,(H,31,34). The van der Waals surface area contributed by atoms with Crippen molar-refractivity contribution in [2.45, 2.75) is 57.0 Å². The van der Waals surface area contributed by atoms with Crippen LogP contribution in [0.4, 0.5) is 13.2 Å². The van der Waals surface area contributed by atoms with Gasteiger partial charge in [0.1, 0.15) is 11.7 Å². The van der Waals surface area contributed by atoms with E-state index in [1.54, 1.807) is 20.8 Å². The highest BCUT2D eigenvalue weighted by Gasteiger charge is 2.41. The van der Waals surface area contributed by atoms with Crippen LogP contribution in [0.5, 0.6) is 17.4 Å². The quantitative estimate of drug-likeness (QED) is 0.422. The molecule has 15 heteroatoms. The van der Waals surface area contributed by atoms with Gasteiger partial charge in [-0.1, -0.05) is 0 Å². The normalized spacial score (nSPS) is 14.5. The lowest BCUT2D eigenvalue weighted by Gasteiger charge is -2.28. The Morgan fingerprint density at radius 2 is 1.82 bits per heavy atom. The van der Waals surface area contributed by atoms with Gasteiger partial charge in [0.2, 0.25) is 5.88 Å². The number of sulfone groups is 1. The maximum Gasteiger partial charge on any atom is 0.423 e. The average Bonchev–Trinajstić information content (AvgIpc) is 3.15. The molecule has 216 valence electrons. The maximum absolute atomic E-state index is 14.2. The molecule has 3 aromatic rings. The third-order valence-corrected chi connectivity index (χ3v) is 6.94. The molecule has 0 aromatic carbocycles. The summed E-state index contributed by atoms with van der Waals surface area (Å²) in [5.41, 5.74) is -1.42. The maximum atomic E-state index is 14.2. The van der Waals surface area contributed by atoms with Crippen molar-refractivity contribution >= 4 is 15.7 Å². The molecule has 0 spiro atoms. The summed E-state index contributed by atoms with van der Waals surface area (Å²) in [4.78, 5) is 21.0. The molecular formula is C25H28F3N5O6S. The summed E-state index contributed by atoms with van der Waals surface area (Å²) < 4.78 is 83.3. The molecule has 40 heavy (non-hydrogen) atoms. The first-order chi connectivity index (χ1) is 18.6. The minimum Gasteiger partial charge on any atom is -0.483 e. The minimum absolute atomic E-state index is 0.0346. The third kappa shape index (κ3) is 6.36. The van der Waals surface area contributed by atoms with Gasteiger partial charge >= 0.3 is 6.18 Å². The van der Waals surface area contributed by atoms with Crippen LogP contribution in [-0.2, 0) is 32.8 Å². The molecule has 11 nitrogen and oxygen atoms in total. The molecule has 0 radical (unpaired) electrons. The van der Waals surface area contributed by atoms with E-state index in [0.717, 1.165) is 18.6 Å². The SMILES string of the molecule is Cc1c(C(=O)NCc2ccc(S(C)(=O)=O)cn2)nn(C(C)(C)C)c1Oc1cncc(OC2COC2)c1C(F)(F)F. The van der Waals surface area contributed by atoms with Gasteiger partial charge in [0, 0.05) is 18.0 Å². The third-order valence-electron chi connectivity index (χ3n) is 5.84. The van der Waals surface area contributed by atoms with Gasteiger partial charge in [-0.25, -0.2) is 13.1 Å². The van der Waals surface area contributed by atoms with E-state index >= 15 is 0 Å². The van der Waals surface area contributed by atoms with Crippen molar-refractivity contribution in [1.29, 1.82) is 0 Å². The summed E-state index contributed by atoms with van der Waals surface area (Å²) in [6.07, 6.45) is -1.23. The van der Waals surface area contributed by atoms with Gasteiger partial charge in [0.05, 0.1) is 48.3 Å². The highest BCUT2D eigenvalue weighted by molar-refractivity contribution is 7.90. The van der Waals surface area contributed by atoms with Gasteiger partial charge in [-0.3, -0.25) is 14.8 Å². The molecule has 0 aliphatic carbocycles. The number of nitrogens with zero attached hydrogens (tertiary/aromatic N) is 4. The molecule has 1 N–H and O–H groups in total. The molecule has 1 aliphatic rings. The fraction of sp³-hybridized carbons (Fsp3) is 0.440. The van der Waals surface area contributed by atoms with E-state index in [4.69, 9.17) is 14.2 Å². The van der Waals surface area contributed by atoms with E-state index in [1.165, 1.54) is 29.9 Å². The number of aromatic nitrogens is 4. The first-order valence-corrected chi connectivity index (χ1v) is 14.0. The molecule has 4 heterocycles. The van der Waals surface area contributed by atoms with Crippen molar-refractivity contribution in [2.75, 3.05) is 19.5 Å². The Hall–Kier alpha value is -3.72. The van der Waals surface area contributed by atoms with Crippen LogP contribution < -0.4 is 14.8 Å². The highest BCUT2D eigenvalue weighted by atomic mass is 32.2. The van der Waals surface area contributed by atoms with Crippen molar-refractivity contribution in [2.24, 2.45) is 0 Å². The summed E-state index contributed by atoms with van der Waals surface area (Å²) >= 11 is 0. The van der Waals surface area contributed by atoms with Crippen molar-refractivity contribution in [3.05, 3.63) is 53.2 Å². The number of nitrogens with one attached hydrogen (secondary N) is 1. The minimum atomic E-state index is -4.83. The Morgan fingerprint density at radius 3 is 2.35 bits per heavy atom. The van der Waals surface area contributed by atoms with E-state index in [1.807, 2.05) is 0 Å². The zero-order valence-electron chi connectivity index (χ0n) is 22.4. The fourth-order valence-corrected chi connectivity index (χ4v) is 4.25. The molecule has 4 rings (SSSR count). The predicted octanol–water partition coefficient (Wildman–Crippen LogP) is 3.66. The second-order valence-corrected chi connectivity index (χ2v) is 12.2. The van der Waals surface area contributed by atoms with Crippen LogP contribution in [0.25, 0.3) is 0 Å². The number of hydrogen-bond acceptors (Lipinski definition) is 9. The van der Waals surface area contributed by atoms with Crippen LogP contribution in [0.15, 0.2) is 35.6 Å². The number of hydrogen-bond donors (Lipinski definition) is 1. The molecular weight excluding hydrogens is 555 g/mol. The molecule has 1 amide bonds. The summed E-state index contributed by atoms with van der Waals surface area (Å²) in [6, 6.07) is 2.83. The Morgan fingerprint density at radius 1 is 1.15 bits per heavy atom. The number of halogens is 3. The summed E-state index contributed by atoms with van der Waals surface area (Å²) in [7, 11) is -3.43. The topological polar surface area (TPSA) is 135 Å². The number of amides is 1. The number of pyridine rings is 2. The second-order valence-electron chi connectivity index (χ2n) is 10.2. The van der Waals surface area contributed by atoms with Gasteiger partial charge in [-0.15, -0.1) is 0 Å². The summed E-state index contributed by atoms with van der Waals surface area (Å²) in [6.45, 7) is 7.03. The van der Waals surface area contributed by atoms with Crippen LogP contribution in [0, 0.1) is 6.92 Å². The zero-order valence-corrected chi connectivity index (χ0v) is 23.2. The van der Waals surface area contributed by atoms with Crippen molar-refractivity contribution in [3.63, 3.8) is 0 Å². The van der Waals surface area contributed by atoms with E-state index in [2.05, 4.69) is 20.4 Å². The number of rotatable bonds is 8. The lowest BCUT2D eigenvalue weighted by molar-refractivity contribution is -0.143. The Labute approximate surface area is 228 Å². The monoisotopic (exact) mass is 583 g/mol. The second kappa shape index (κ2) is 10.7. The molecule has 0 bridgehead atoms. The van der Waals surface area contributed by atoms with E-state index in [-0.39, 0.29) is 41.8 Å². The summed E-state index contributed by atoms with van der Waals surface area (Å²) in [5, 5.41) is 6.99. The van der Waals surface area contributed by atoms with Gasteiger partial charge < -0.3 is 19.5 Å². The van der Waals surface area contributed by atoms with Crippen LogP contribution in [-0.4, -0.2) is 59.6 Å². The van der Waals surface area contributed by atoms with Gasteiger partial charge in [0.15, 0.2) is 27.0 Å². The van der Waals surface area contributed by atoms with Crippen molar-refractivity contribution < 1.29 is 40.6 Å². The number of carbonyl (C=O) groups excluding carboxylic acids is 1. The highest BCUT2D eigenvalue weighted by Crippen LogP contribution is 2.45. The van der Waals surface area contributed by atoms with Crippen LogP contribution in [0.1, 0.15) is 48.1 Å². The van der Waals surface area contributed by atoms with Gasteiger partial charge in [-0.2, -0.15) is 18.3 Å². The first-order valence-electron chi connectivity index (χ1n) is 12.1. The molecule has 1 aliphatic heterocycles. The zero-order chi connectivity index (χ0) is 29.5. The first kappa shape index (κ1) is 29.3. The largest absolute Gasteiger partial charge is 0.483 e. The number of alkyl halides is 3. The molecule has 3 aromatic heterocycles. The molecule has 1 saturated heterocycles. The lowest BCUT2D eigenvalue weighted by Crippen LogP contribution is -2.39. The lowest BCUT2D eigenvalue weighted by atomic mass is 10.1. The molecule has 0 unspecified atom stereocenters. The number of carbonyl (C=O) groups is 1.